The van der Waals surface area contributed by atoms with Crippen molar-refractivity contribution in [1.82, 2.24) is 15.1 Å². The largest absolute Gasteiger partial charge is 0.455 e. The number of benzene rings is 1. The fourth-order valence-corrected chi connectivity index (χ4v) is 7.71. The van der Waals surface area contributed by atoms with E-state index in [9.17, 15) is 24.3 Å². The zero-order valence-electron chi connectivity index (χ0n) is 29.2. The number of carbonyl (C=O) groups is 4. The van der Waals surface area contributed by atoms with Crippen LogP contribution in [0, 0.1) is 17.8 Å². The summed E-state index contributed by atoms with van der Waals surface area (Å²) in [5.41, 5.74) is -1.23. The van der Waals surface area contributed by atoms with Crippen molar-refractivity contribution < 1.29 is 38.5 Å². The lowest BCUT2D eigenvalue weighted by Gasteiger charge is -2.44. The lowest BCUT2D eigenvalue weighted by atomic mass is 9.70. The third-order valence-corrected chi connectivity index (χ3v) is 9.95. The minimum atomic E-state index is -1.28. The molecule has 3 aliphatic rings. The number of aliphatic hydroxyl groups is 1. The van der Waals surface area contributed by atoms with Crippen LogP contribution in [0.5, 0.6) is 0 Å². The number of fused-ring (bicyclic) bond motifs is 1. The zero-order valence-corrected chi connectivity index (χ0v) is 29.2. The van der Waals surface area contributed by atoms with Gasteiger partial charge in [0.25, 0.3) is 0 Å². The van der Waals surface area contributed by atoms with Gasteiger partial charge in [-0.3, -0.25) is 19.2 Å². The molecule has 11 heteroatoms. The Morgan fingerprint density at radius 3 is 2.44 bits per heavy atom. The molecule has 0 saturated carbocycles. The maximum atomic E-state index is 14.6. The summed E-state index contributed by atoms with van der Waals surface area (Å²) in [6.45, 7) is 17.0. The van der Waals surface area contributed by atoms with Crippen LogP contribution in [0.3, 0.4) is 0 Å². The predicted octanol–water partition coefficient (Wildman–Crippen LogP) is 3.57. The second kappa shape index (κ2) is 15.3. The molecular formula is C37H53N3O8. The Kier molecular flexibility index (Phi) is 11.9. The second-order valence-corrected chi connectivity index (χ2v) is 14.4. The smallest absolute Gasteiger partial charge is 0.313 e. The van der Waals surface area contributed by atoms with E-state index in [1.165, 1.54) is 12.0 Å². The van der Waals surface area contributed by atoms with Gasteiger partial charge >= 0.3 is 5.97 Å². The minimum Gasteiger partial charge on any atom is -0.455 e. The lowest BCUT2D eigenvalue weighted by molar-refractivity contribution is -0.164. The molecule has 0 radical (unpaired) electrons. The van der Waals surface area contributed by atoms with Crippen molar-refractivity contribution in [3.05, 3.63) is 61.2 Å². The number of amides is 3. The zero-order chi connectivity index (χ0) is 35.4. The highest BCUT2D eigenvalue weighted by Crippen LogP contribution is 2.59. The number of methoxy groups -OCH3 is 1. The summed E-state index contributed by atoms with van der Waals surface area (Å²) in [5, 5.41) is 13.5. The van der Waals surface area contributed by atoms with Crippen LogP contribution < -0.4 is 5.32 Å². The molecule has 3 heterocycles. The monoisotopic (exact) mass is 667 g/mol. The number of hydrogen-bond acceptors (Lipinski definition) is 8. The molecular weight excluding hydrogens is 614 g/mol. The maximum absolute atomic E-state index is 14.6. The van der Waals surface area contributed by atoms with Gasteiger partial charge in [-0.15, -0.1) is 13.2 Å². The Balaban J connectivity index is 1.75. The number of aliphatic hydroxyl groups excluding tert-OH is 1. The molecule has 48 heavy (non-hydrogen) atoms. The Hall–Kier alpha value is -3.54. The van der Waals surface area contributed by atoms with Crippen molar-refractivity contribution in [1.29, 1.82) is 0 Å². The fourth-order valence-electron chi connectivity index (χ4n) is 7.71. The van der Waals surface area contributed by atoms with Crippen LogP contribution in [0.4, 0.5) is 0 Å². The van der Waals surface area contributed by atoms with E-state index in [1.807, 2.05) is 65.0 Å². The average Bonchev–Trinajstić information content (AvgIpc) is 3.68. The van der Waals surface area contributed by atoms with Crippen molar-refractivity contribution in [3.8, 4) is 0 Å². The number of carbonyl (C=O) groups excluding carboxylic acids is 4. The Morgan fingerprint density at radius 1 is 1.19 bits per heavy atom. The molecule has 4 rings (SSSR count). The molecule has 8 atom stereocenters. The van der Waals surface area contributed by atoms with Crippen molar-refractivity contribution in [2.24, 2.45) is 17.8 Å². The van der Waals surface area contributed by atoms with Gasteiger partial charge in [-0.05, 0) is 51.5 Å². The van der Waals surface area contributed by atoms with E-state index in [1.54, 1.807) is 17.1 Å². The van der Waals surface area contributed by atoms with Crippen molar-refractivity contribution in [3.63, 3.8) is 0 Å². The first-order valence-corrected chi connectivity index (χ1v) is 16.9. The summed E-state index contributed by atoms with van der Waals surface area (Å²) < 4.78 is 18.4. The summed E-state index contributed by atoms with van der Waals surface area (Å²) in [6.07, 6.45) is 3.28. The van der Waals surface area contributed by atoms with Crippen LogP contribution in [-0.4, -0.2) is 101 Å². The van der Waals surface area contributed by atoms with Crippen LogP contribution in [0.25, 0.3) is 0 Å². The highest BCUT2D eigenvalue weighted by molar-refractivity contribution is 5.98. The first-order valence-electron chi connectivity index (χ1n) is 16.9. The van der Waals surface area contributed by atoms with Crippen LogP contribution in [-0.2, 0) is 33.4 Å². The second-order valence-electron chi connectivity index (χ2n) is 14.4. The van der Waals surface area contributed by atoms with Crippen LogP contribution in [0.1, 0.15) is 72.0 Å². The van der Waals surface area contributed by atoms with Gasteiger partial charge in [-0.1, -0.05) is 56.3 Å². The van der Waals surface area contributed by atoms with Gasteiger partial charge in [0.15, 0.2) is 0 Å². The van der Waals surface area contributed by atoms with Crippen molar-refractivity contribution >= 4 is 23.7 Å². The molecule has 3 fully saturated rings. The summed E-state index contributed by atoms with van der Waals surface area (Å²) in [4.78, 5) is 59.7. The molecule has 3 amide bonds. The topological polar surface area (TPSA) is 135 Å². The molecule has 264 valence electrons. The number of ether oxygens (including phenoxy) is 3. The fraction of sp³-hybridized carbons (Fsp3) is 0.622. The molecule has 0 aromatic heterocycles. The molecule has 2 bridgehead atoms. The number of likely N-dealkylation sites (tertiary alicyclic amines) is 1. The molecule has 11 nitrogen and oxygen atoms in total. The molecule has 3 saturated heterocycles. The highest BCUT2D eigenvalue weighted by Gasteiger charge is 2.76. The lowest BCUT2D eigenvalue weighted by Crippen LogP contribution is -2.62. The standard InChI is InChI=1S/C37H53N3O8/c1-9-11-17-28(42)38-25(22-46-8)31(24-15-13-12-14-16-24)47-35(45)29-27-18-19-37(48-27)30(29)33(43)40(26(21-41)23(3)4)32(37)34(44)39(20-10-2)36(5,6)7/h9-10,12-16,23,25-27,29-32,41H,1-2,11,17-22H2,3-8H3,(H,38,42)/t25-,26-,27-,29+,30+,31-,32-,37+/m0/s1. The number of nitrogens with one attached hydrogen (secondary N) is 1. The van der Waals surface area contributed by atoms with Gasteiger partial charge in [0, 0.05) is 25.6 Å². The number of allylic oxidation sites excluding steroid dienone is 1. The first-order chi connectivity index (χ1) is 22.8. The van der Waals surface area contributed by atoms with Gasteiger partial charge in [-0.2, -0.15) is 0 Å². The van der Waals surface area contributed by atoms with E-state index < -0.39 is 65.2 Å². The van der Waals surface area contributed by atoms with Crippen molar-refractivity contribution in [2.75, 3.05) is 26.9 Å². The number of rotatable bonds is 16. The summed E-state index contributed by atoms with van der Waals surface area (Å²) in [7, 11) is 1.50. The molecule has 2 N–H and O–H groups in total. The Morgan fingerprint density at radius 2 is 1.88 bits per heavy atom. The van der Waals surface area contributed by atoms with E-state index in [-0.39, 0.29) is 43.9 Å². The Labute approximate surface area is 284 Å². The molecule has 1 aromatic carbocycles. The first kappa shape index (κ1) is 37.3. The van der Waals surface area contributed by atoms with Crippen LogP contribution in [0.2, 0.25) is 0 Å². The van der Waals surface area contributed by atoms with Crippen LogP contribution in [0.15, 0.2) is 55.6 Å². The molecule has 1 aromatic rings. The van der Waals surface area contributed by atoms with E-state index >= 15 is 0 Å². The third kappa shape index (κ3) is 7.09. The van der Waals surface area contributed by atoms with Gasteiger partial charge in [0.05, 0.1) is 43.2 Å². The van der Waals surface area contributed by atoms with E-state index in [0.29, 0.717) is 24.8 Å². The van der Waals surface area contributed by atoms with Crippen LogP contribution >= 0.6 is 0 Å². The van der Waals surface area contributed by atoms with Gasteiger partial charge in [0.2, 0.25) is 17.7 Å². The summed E-state index contributed by atoms with van der Waals surface area (Å²) in [5.74, 6) is -3.77. The molecule has 0 aliphatic carbocycles. The SMILES string of the molecule is C=CCCC(=O)N[C@@H](COC)[C@@H](OC(=O)[C@@H]1[C@@H]2CC[C@]3(O2)[C@H](C(=O)N(CC=C)C(C)(C)C)N([C@@H](CO)C(C)C)C(=O)[C@@H]13)c1ccccc1. The molecule has 0 unspecified atom stereocenters. The predicted molar refractivity (Wildman–Crippen MR) is 180 cm³/mol. The van der Waals surface area contributed by atoms with E-state index in [2.05, 4.69) is 18.5 Å². The normalized spacial score (nSPS) is 26.5. The maximum Gasteiger partial charge on any atom is 0.313 e. The van der Waals surface area contributed by atoms with Gasteiger partial charge in [-0.25, -0.2) is 0 Å². The van der Waals surface area contributed by atoms with Gasteiger partial charge < -0.3 is 34.4 Å². The number of nitrogens with zero attached hydrogens (tertiary/aromatic N) is 2. The molecule has 1 spiro atoms. The summed E-state index contributed by atoms with van der Waals surface area (Å²) >= 11 is 0. The van der Waals surface area contributed by atoms with E-state index in [4.69, 9.17) is 14.2 Å². The highest BCUT2D eigenvalue weighted by atomic mass is 16.6. The van der Waals surface area contributed by atoms with Crippen molar-refractivity contribution in [2.45, 2.75) is 102 Å². The van der Waals surface area contributed by atoms with Gasteiger partial charge in [0.1, 0.15) is 17.7 Å². The molecule has 3 aliphatic heterocycles. The third-order valence-electron chi connectivity index (χ3n) is 9.95. The average molecular weight is 668 g/mol. The number of esters is 1. The van der Waals surface area contributed by atoms with E-state index in [0.717, 1.165) is 0 Å². The minimum absolute atomic E-state index is 0.0619. The quantitative estimate of drug-likeness (QED) is 0.202. The number of hydrogen-bond donors (Lipinski definition) is 2. The summed E-state index contributed by atoms with van der Waals surface area (Å²) in [6, 6.07) is 6.63. The Bertz CT molecular complexity index is 1340.